The van der Waals surface area contributed by atoms with Crippen LogP contribution in [0.4, 0.5) is 5.69 Å². The van der Waals surface area contributed by atoms with E-state index in [1.54, 1.807) is 18.5 Å². The van der Waals surface area contributed by atoms with Crippen LogP contribution in [0.3, 0.4) is 0 Å². The van der Waals surface area contributed by atoms with Crippen LogP contribution < -0.4 is 16.6 Å². The molecule has 1 aliphatic carbocycles. The van der Waals surface area contributed by atoms with Gasteiger partial charge in [-0.3, -0.25) is 15.6 Å². The van der Waals surface area contributed by atoms with Gasteiger partial charge in [-0.1, -0.05) is 19.3 Å². The number of nitrogen functional groups attached to an aromatic ring is 1. The number of rotatable bonds is 3. The van der Waals surface area contributed by atoms with Crippen LogP contribution in [0, 0.1) is 0 Å². The van der Waals surface area contributed by atoms with E-state index in [4.69, 9.17) is 5.84 Å². The highest BCUT2D eigenvalue weighted by Gasteiger charge is 2.29. The number of carbonyl (C=O) groups is 1. The predicted molar refractivity (Wildman–Crippen MR) is 71.0 cm³/mol. The maximum Gasteiger partial charge on any atom is 0.253 e. The van der Waals surface area contributed by atoms with E-state index in [0.29, 0.717) is 11.3 Å². The first kappa shape index (κ1) is 12.8. The number of hydrazine groups is 1. The van der Waals surface area contributed by atoms with E-state index in [2.05, 4.69) is 22.7 Å². The van der Waals surface area contributed by atoms with Crippen LogP contribution in [0.2, 0.25) is 0 Å². The van der Waals surface area contributed by atoms with Crippen molar-refractivity contribution in [3.63, 3.8) is 0 Å². The molecule has 18 heavy (non-hydrogen) atoms. The molecule has 0 atom stereocenters. The summed E-state index contributed by atoms with van der Waals surface area (Å²) in [4.78, 5) is 16.2. The summed E-state index contributed by atoms with van der Waals surface area (Å²) in [5, 5.41) is 3.12. The Labute approximate surface area is 107 Å². The summed E-state index contributed by atoms with van der Waals surface area (Å²) in [6.45, 7) is 2.11. The van der Waals surface area contributed by atoms with E-state index in [0.717, 1.165) is 12.8 Å². The minimum absolute atomic E-state index is 0.0882. The third kappa shape index (κ3) is 2.79. The molecule has 1 fully saturated rings. The summed E-state index contributed by atoms with van der Waals surface area (Å²) < 4.78 is 0. The van der Waals surface area contributed by atoms with Crippen LogP contribution in [0.5, 0.6) is 0 Å². The number of hydrogen-bond acceptors (Lipinski definition) is 4. The molecule has 1 amide bonds. The molecule has 1 aromatic rings. The van der Waals surface area contributed by atoms with Crippen LogP contribution in [-0.2, 0) is 0 Å². The van der Waals surface area contributed by atoms with Crippen molar-refractivity contribution in [2.24, 2.45) is 5.84 Å². The van der Waals surface area contributed by atoms with Crippen LogP contribution in [0.1, 0.15) is 49.4 Å². The lowest BCUT2D eigenvalue weighted by Crippen LogP contribution is -2.47. The van der Waals surface area contributed by atoms with Gasteiger partial charge in [-0.15, -0.1) is 0 Å². The van der Waals surface area contributed by atoms with Gasteiger partial charge in [-0.2, -0.15) is 0 Å². The predicted octanol–water partition coefficient (Wildman–Crippen LogP) is 1.82. The molecule has 5 heteroatoms. The monoisotopic (exact) mass is 248 g/mol. The van der Waals surface area contributed by atoms with Gasteiger partial charge in [-0.05, 0) is 25.8 Å². The molecule has 0 unspecified atom stereocenters. The Morgan fingerprint density at radius 3 is 2.78 bits per heavy atom. The topological polar surface area (TPSA) is 80.0 Å². The molecular formula is C13H20N4O. The molecule has 1 aromatic heterocycles. The zero-order valence-electron chi connectivity index (χ0n) is 10.7. The lowest BCUT2D eigenvalue weighted by molar-refractivity contribution is 0.0883. The van der Waals surface area contributed by atoms with Crippen LogP contribution in [0.25, 0.3) is 0 Å². The van der Waals surface area contributed by atoms with Gasteiger partial charge in [0.2, 0.25) is 0 Å². The fourth-order valence-corrected chi connectivity index (χ4v) is 2.51. The van der Waals surface area contributed by atoms with Gasteiger partial charge >= 0.3 is 0 Å². The largest absolute Gasteiger partial charge is 0.347 e. The van der Waals surface area contributed by atoms with E-state index in [1.165, 1.54) is 19.3 Å². The van der Waals surface area contributed by atoms with E-state index in [-0.39, 0.29) is 11.4 Å². The van der Waals surface area contributed by atoms with E-state index in [9.17, 15) is 4.79 Å². The zero-order chi connectivity index (χ0) is 13.0. The number of nitrogens with one attached hydrogen (secondary N) is 2. The van der Waals surface area contributed by atoms with Gasteiger partial charge in [-0.25, -0.2) is 0 Å². The van der Waals surface area contributed by atoms with Crippen molar-refractivity contribution in [3.8, 4) is 0 Å². The first-order valence-electron chi connectivity index (χ1n) is 6.38. The van der Waals surface area contributed by atoms with E-state index in [1.807, 2.05) is 0 Å². The molecular weight excluding hydrogens is 228 g/mol. The average molecular weight is 248 g/mol. The first-order valence-corrected chi connectivity index (χ1v) is 6.38. The van der Waals surface area contributed by atoms with Gasteiger partial charge in [0, 0.05) is 11.7 Å². The molecule has 0 aromatic carbocycles. The minimum Gasteiger partial charge on any atom is -0.347 e. The quantitative estimate of drug-likeness (QED) is 0.563. The van der Waals surface area contributed by atoms with Crippen molar-refractivity contribution in [3.05, 3.63) is 24.0 Å². The molecule has 1 saturated carbocycles. The fourth-order valence-electron chi connectivity index (χ4n) is 2.51. The zero-order valence-corrected chi connectivity index (χ0v) is 10.7. The van der Waals surface area contributed by atoms with E-state index < -0.39 is 0 Å². The third-order valence-electron chi connectivity index (χ3n) is 3.59. The Morgan fingerprint density at radius 1 is 1.39 bits per heavy atom. The highest BCUT2D eigenvalue weighted by atomic mass is 16.1. The Balaban J connectivity index is 2.11. The van der Waals surface area contributed by atoms with Crippen molar-refractivity contribution < 1.29 is 4.79 Å². The van der Waals surface area contributed by atoms with Crippen molar-refractivity contribution in [2.75, 3.05) is 5.43 Å². The highest BCUT2D eigenvalue weighted by Crippen LogP contribution is 2.28. The fraction of sp³-hybridized carbons (Fsp3) is 0.538. The van der Waals surface area contributed by atoms with Gasteiger partial charge < -0.3 is 10.7 Å². The van der Waals surface area contributed by atoms with Gasteiger partial charge in [0.05, 0.1) is 17.4 Å². The number of anilines is 1. The lowest BCUT2D eigenvalue weighted by Gasteiger charge is -2.34. The maximum absolute atomic E-state index is 12.3. The Kier molecular flexibility index (Phi) is 3.81. The molecule has 98 valence electrons. The molecule has 4 N–H and O–H groups in total. The number of pyridine rings is 1. The molecule has 0 bridgehead atoms. The second kappa shape index (κ2) is 5.35. The second-order valence-corrected chi connectivity index (χ2v) is 5.14. The number of aromatic nitrogens is 1. The summed E-state index contributed by atoms with van der Waals surface area (Å²) >= 11 is 0. The first-order chi connectivity index (χ1) is 8.64. The molecule has 5 nitrogen and oxygen atoms in total. The number of hydrogen-bond donors (Lipinski definition) is 3. The Bertz CT molecular complexity index is 427. The van der Waals surface area contributed by atoms with Crippen LogP contribution >= 0.6 is 0 Å². The van der Waals surface area contributed by atoms with Crippen molar-refractivity contribution in [1.82, 2.24) is 10.3 Å². The number of carbonyl (C=O) groups excluding carboxylic acids is 1. The smallest absolute Gasteiger partial charge is 0.253 e. The second-order valence-electron chi connectivity index (χ2n) is 5.14. The molecule has 1 aliphatic rings. The van der Waals surface area contributed by atoms with Gasteiger partial charge in [0.1, 0.15) is 0 Å². The van der Waals surface area contributed by atoms with Crippen LogP contribution in [0.15, 0.2) is 18.5 Å². The average Bonchev–Trinajstić information content (AvgIpc) is 2.39. The third-order valence-corrected chi connectivity index (χ3v) is 3.59. The van der Waals surface area contributed by atoms with Crippen LogP contribution in [-0.4, -0.2) is 16.4 Å². The number of amides is 1. The molecule has 0 radical (unpaired) electrons. The Morgan fingerprint density at radius 2 is 2.11 bits per heavy atom. The molecule has 2 rings (SSSR count). The standard InChI is InChI=1S/C13H20N4O/c1-13(6-3-2-4-7-13)16-12(18)10-5-8-15-9-11(10)17-14/h5,8-9,17H,2-4,6-7,14H2,1H3,(H,16,18). The summed E-state index contributed by atoms with van der Waals surface area (Å²) in [6, 6.07) is 1.68. The minimum atomic E-state index is -0.0928. The Hall–Kier alpha value is -1.62. The molecule has 1 heterocycles. The SMILES string of the molecule is CC1(NC(=O)c2ccncc2NN)CCCCC1. The van der Waals surface area contributed by atoms with Gasteiger partial charge in [0.25, 0.3) is 5.91 Å². The van der Waals surface area contributed by atoms with Crippen molar-refractivity contribution in [2.45, 2.75) is 44.6 Å². The van der Waals surface area contributed by atoms with Gasteiger partial charge in [0.15, 0.2) is 0 Å². The maximum atomic E-state index is 12.3. The van der Waals surface area contributed by atoms with Crippen molar-refractivity contribution >= 4 is 11.6 Å². The highest BCUT2D eigenvalue weighted by molar-refractivity contribution is 5.99. The lowest BCUT2D eigenvalue weighted by atomic mass is 9.83. The number of nitrogens with zero attached hydrogens (tertiary/aromatic N) is 1. The molecule has 0 saturated heterocycles. The van der Waals surface area contributed by atoms with E-state index >= 15 is 0 Å². The molecule has 0 aliphatic heterocycles. The molecule has 0 spiro atoms. The summed E-state index contributed by atoms with van der Waals surface area (Å²) in [5.41, 5.74) is 3.50. The summed E-state index contributed by atoms with van der Waals surface area (Å²) in [5.74, 6) is 5.30. The summed E-state index contributed by atoms with van der Waals surface area (Å²) in [7, 11) is 0. The van der Waals surface area contributed by atoms with Crippen molar-refractivity contribution in [1.29, 1.82) is 0 Å². The number of nitrogens with two attached hydrogens (primary N) is 1. The normalized spacial score (nSPS) is 18.1. The summed E-state index contributed by atoms with van der Waals surface area (Å²) in [6.07, 6.45) is 8.84.